The normalized spacial score (nSPS) is 12.8. The highest BCUT2D eigenvalue weighted by molar-refractivity contribution is 8.78. The highest BCUT2D eigenvalue weighted by atomic mass is 33.1. The van der Waals surface area contributed by atoms with E-state index < -0.39 is 0 Å². The van der Waals surface area contributed by atoms with E-state index >= 15 is 0 Å². The van der Waals surface area contributed by atoms with Gasteiger partial charge in [0, 0.05) is 12.0 Å². The fourth-order valence-electron chi connectivity index (χ4n) is 0.411. The fourth-order valence-corrected chi connectivity index (χ4v) is 2.19. The van der Waals surface area contributed by atoms with Crippen LogP contribution in [0.4, 0.5) is 0 Å². The van der Waals surface area contributed by atoms with Gasteiger partial charge in [-0.15, -0.1) is 0 Å². The summed E-state index contributed by atoms with van der Waals surface area (Å²) < 4.78 is 0. The zero-order valence-corrected chi connectivity index (χ0v) is 8.41. The molecule has 0 amide bonds. The maximum absolute atomic E-state index is 8.49. The van der Waals surface area contributed by atoms with E-state index in [1.54, 1.807) is 27.8 Å². The number of aliphatic hydroxyl groups excluding tert-OH is 1. The molecule has 2 nitrogen and oxygen atoms in total. The number of allylic oxidation sites excluding steroid dienone is 1. The van der Waals surface area contributed by atoms with E-state index in [9.17, 15) is 0 Å². The predicted molar refractivity (Wildman–Crippen MR) is 55.1 cm³/mol. The molecule has 0 saturated heterocycles. The van der Waals surface area contributed by atoms with Crippen molar-refractivity contribution in [2.75, 3.05) is 12.4 Å². The zero-order chi connectivity index (χ0) is 8.53. The molecule has 0 spiro atoms. The molecule has 11 heavy (non-hydrogen) atoms. The van der Waals surface area contributed by atoms with Gasteiger partial charge in [-0.25, -0.2) is 0 Å². The van der Waals surface area contributed by atoms with E-state index in [4.69, 9.17) is 5.11 Å². The quantitative estimate of drug-likeness (QED) is 0.411. The van der Waals surface area contributed by atoms with Gasteiger partial charge in [-0.05, 0) is 24.6 Å². The Hall–Kier alpha value is 0.0700. The van der Waals surface area contributed by atoms with Crippen LogP contribution in [0, 0.1) is 0 Å². The van der Waals surface area contributed by atoms with Crippen molar-refractivity contribution in [3.8, 4) is 0 Å². The molecular formula is C7H13NOS2. The van der Waals surface area contributed by atoms with Gasteiger partial charge < -0.3 is 5.11 Å². The second kappa shape index (κ2) is 8.17. The van der Waals surface area contributed by atoms with Crippen molar-refractivity contribution in [1.82, 2.24) is 0 Å². The van der Waals surface area contributed by atoms with E-state index in [2.05, 4.69) is 4.99 Å². The average Bonchev–Trinajstić information content (AvgIpc) is 2.03. The minimum atomic E-state index is 0.227. The number of aliphatic hydroxyl groups is 1. The van der Waals surface area contributed by atoms with E-state index in [0.717, 1.165) is 10.8 Å². The van der Waals surface area contributed by atoms with Gasteiger partial charge in [0.1, 0.15) is 5.03 Å². The fraction of sp³-hybridized carbons (Fsp3) is 0.571. The van der Waals surface area contributed by atoms with Gasteiger partial charge in [0.25, 0.3) is 0 Å². The van der Waals surface area contributed by atoms with Crippen molar-refractivity contribution >= 4 is 27.8 Å². The third kappa shape index (κ3) is 6.47. The van der Waals surface area contributed by atoms with Crippen molar-refractivity contribution < 1.29 is 5.11 Å². The first kappa shape index (κ1) is 11.1. The van der Waals surface area contributed by atoms with Crippen LogP contribution in [0.1, 0.15) is 13.8 Å². The van der Waals surface area contributed by atoms with Gasteiger partial charge in [0.05, 0.1) is 6.61 Å². The molecule has 0 aromatic rings. The molecule has 0 aliphatic heterocycles. The molecule has 4 heteroatoms. The summed E-state index contributed by atoms with van der Waals surface area (Å²) >= 11 is 0. The lowest BCUT2D eigenvalue weighted by Gasteiger charge is -1.97. The molecule has 0 radical (unpaired) electrons. The van der Waals surface area contributed by atoms with Crippen molar-refractivity contribution in [2.45, 2.75) is 13.8 Å². The van der Waals surface area contributed by atoms with Crippen LogP contribution in [0.25, 0.3) is 0 Å². The Balaban J connectivity index is 3.54. The lowest BCUT2D eigenvalue weighted by atomic mass is 10.7. The Morgan fingerprint density at radius 2 is 2.27 bits per heavy atom. The van der Waals surface area contributed by atoms with E-state index in [1.165, 1.54) is 0 Å². The van der Waals surface area contributed by atoms with Crippen LogP contribution in [0.5, 0.6) is 0 Å². The molecule has 0 aromatic heterocycles. The van der Waals surface area contributed by atoms with E-state index in [-0.39, 0.29) is 6.61 Å². The van der Waals surface area contributed by atoms with Crippen LogP contribution >= 0.6 is 21.6 Å². The summed E-state index contributed by atoms with van der Waals surface area (Å²) in [4.78, 5) is 4.11. The van der Waals surface area contributed by atoms with Crippen molar-refractivity contribution in [3.05, 3.63) is 11.1 Å². The molecule has 0 rings (SSSR count). The van der Waals surface area contributed by atoms with Gasteiger partial charge in [-0.2, -0.15) is 0 Å². The molecule has 0 bridgehead atoms. The molecule has 64 valence electrons. The minimum absolute atomic E-state index is 0.227. The number of hydrogen-bond donors (Lipinski definition) is 1. The van der Waals surface area contributed by atoms with Crippen LogP contribution < -0.4 is 0 Å². The van der Waals surface area contributed by atoms with Crippen molar-refractivity contribution in [3.63, 3.8) is 0 Å². The van der Waals surface area contributed by atoms with Crippen LogP contribution in [-0.2, 0) is 0 Å². The molecule has 0 atom stereocenters. The summed E-state index contributed by atoms with van der Waals surface area (Å²) in [5, 5.41) is 9.48. The van der Waals surface area contributed by atoms with E-state index in [1.807, 2.05) is 19.9 Å². The SMILES string of the molecule is C/C=N\C(=C/C)SSCCO. The van der Waals surface area contributed by atoms with Crippen LogP contribution in [0.3, 0.4) is 0 Å². The van der Waals surface area contributed by atoms with Crippen molar-refractivity contribution in [1.29, 1.82) is 0 Å². The van der Waals surface area contributed by atoms with Gasteiger partial charge in [-0.3, -0.25) is 4.99 Å². The largest absolute Gasteiger partial charge is 0.395 e. The molecule has 0 saturated carbocycles. The molecule has 1 N–H and O–H groups in total. The number of nitrogens with zero attached hydrogens (tertiary/aromatic N) is 1. The summed E-state index contributed by atoms with van der Waals surface area (Å²) in [5.41, 5.74) is 0. The third-order valence-corrected chi connectivity index (χ3v) is 3.17. The highest BCUT2D eigenvalue weighted by Gasteiger charge is 1.92. The first-order valence-corrected chi connectivity index (χ1v) is 5.72. The maximum Gasteiger partial charge on any atom is 0.102 e. The Morgan fingerprint density at radius 3 is 2.73 bits per heavy atom. The van der Waals surface area contributed by atoms with Gasteiger partial charge in [0.2, 0.25) is 0 Å². The molecule has 0 fully saturated rings. The third-order valence-electron chi connectivity index (χ3n) is 0.822. The van der Waals surface area contributed by atoms with Crippen LogP contribution in [-0.4, -0.2) is 23.7 Å². The average molecular weight is 191 g/mol. The summed E-state index contributed by atoms with van der Waals surface area (Å²) in [6.07, 6.45) is 3.72. The first-order valence-electron chi connectivity index (χ1n) is 3.40. The zero-order valence-electron chi connectivity index (χ0n) is 6.78. The Morgan fingerprint density at radius 1 is 1.55 bits per heavy atom. The first-order chi connectivity index (χ1) is 5.35. The minimum Gasteiger partial charge on any atom is -0.395 e. The summed E-state index contributed by atoms with van der Waals surface area (Å²) in [7, 11) is 3.20. The van der Waals surface area contributed by atoms with Crippen molar-refractivity contribution in [2.24, 2.45) is 4.99 Å². The molecule has 0 aromatic carbocycles. The van der Waals surface area contributed by atoms with Gasteiger partial charge >= 0.3 is 0 Å². The Bertz CT molecular complexity index is 145. The Kier molecular flexibility index (Phi) is 8.22. The van der Waals surface area contributed by atoms with E-state index in [0.29, 0.717) is 0 Å². The van der Waals surface area contributed by atoms with Crippen LogP contribution in [0.2, 0.25) is 0 Å². The van der Waals surface area contributed by atoms with Gasteiger partial charge in [-0.1, -0.05) is 16.9 Å². The standard InChI is InChI=1S/C7H13NOS2/c1-3-7(8-4-2)11-10-6-5-9/h3-4,9H,5-6H2,1-2H3/b7-3+,8-4-. The topological polar surface area (TPSA) is 32.6 Å². The smallest absolute Gasteiger partial charge is 0.102 e. The molecule has 0 unspecified atom stereocenters. The summed E-state index contributed by atoms with van der Waals surface area (Å²) in [6.45, 7) is 4.07. The van der Waals surface area contributed by atoms with Gasteiger partial charge in [0.15, 0.2) is 0 Å². The molecule has 0 aliphatic rings. The summed E-state index contributed by atoms with van der Waals surface area (Å²) in [5.74, 6) is 0.751. The lowest BCUT2D eigenvalue weighted by Crippen LogP contribution is -1.81. The Labute approximate surface area is 75.6 Å². The predicted octanol–water partition coefficient (Wildman–Crippen LogP) is 2.31. The molecule has 0 aliphatic carbocycles. The number of aliphatic imine (C=N–C) groups is 1. The second-order valence-corrected chi connectivity index (χ2v) is 4.08. The monoisotopic (exact) mass is 191 g/mol. The maximum atomic E-state index is 8.49. The second-order valence-electron chi connectivity index (χ2n) is 1.64. The highest BCUT2D eigenvalue weighted by Crippen LogP contribution is 2.29. The lowest BCUT2D eigenvalue weighted by molar-refractivity contribution is 0.323. The van der Waals surface area contributed by atoms with Crippen LogP contribution in [0.15, 0.2) is 16.1 Å². The molecular weight excluding hydrogens is 178 g/mol. The number of hydrogen-bond acceptors (Lipinski definition) is 4. The number of rotatable bonds is 5. The molecule has 0 heterocycles. The summed E-state index contributed by atoms with van der Waals surface area (Å²) in [6, 6.07) is 0.